The zero-order chi connectivity index (χ0) is 46.5. The Morgan fingerprint density at radius 1 is 0.712 bits per heavy atom. The molecule has 0 bridgehead atoms. The fraction of sp³-hybridized carbons (Fsp3) is 0.214. The number of rotatable bonds is 22. The molecule has 0 aliphatic rings. The van der Waals surface area contributed by atoms with Crippen molar-refractivity contribution in [3.8, 4) is 17.2 Å². The summed E-state index contributed by atoms with van der Waals surface area (Å²) in [4.78, 5) is -2.26. The molecule has 0 heterocycles. The molecule has 66 heavy (non-hydrogen) atoms. The maximum absolute atomic E-state index is 12.9. The van der Waals surface area contributed by atoms with Crippen LogP contribution in [0.1, 0.15) is 0 Å². The number of phenolic OH excluding ortho intramolecular Hbond substituents is 1. The van der Waals surface area contributed by atoms with Gasteiger partial charge in [0.05, 0.1) is 81.6 Å². The van der Waals surface area contributed by atoms with Gasteiger partial charge in [-0.25, -0.2) is 33.7 Å². The van der Waals surface area contributed by atoms with Gasteiger partial charge in [0.1, 0.15) is 44.4 Å². The Labute approximate surface area is 491 Å². The van der Waals surface area contributed by atoms with E-state index in [4.69, 9.17) is 19.4 Å². The van der Waals surface area contributed by atoms with E-state index < -0.39 is 109 Å². The summed E-state index contributed by atoms with van der Waals surface area (Å²) in [5.74, 6) is -2.71. The largest absolute Gasteiger partial charge is 1.00 e. The minimum atomic E-state index is -5.49. The summed E-state index contributed by atoms with van der Waals surface area (Å²) in [7, 11) is -13.3. The number of phenols is 1. The number of azo groups is 2. The molecule has 0 saturated carbocycles. The van der Waals surface area contributed by atoms with E-state index in [2.05, 4.69) is 53.2 Å². The Hall–Kier alpha value is 0.720. The van der Waals surface area contributed by atoms with Gasteiger partial charge >= 0.3 is 118 Å². The average Bonchev–Trinajstić information content (AvgIpc) is 3.21. The second kappa shape index (κ2) is 32.0. The third-order valence-electron chi connectivity index (χ3n) is 7.39. The van der Waals surface area contributed by atoms with Crippen molar-refractivity contribution in [2.75, 3.05) is 44.7 Å². The van der Waals surface area contributed by atoms with Gasteiger partial charge in [0.25, 0.3) is 0 Å². The van der Waals surface area contributed by atoms with Gasteiger partial charge in [-0.3, -0.25) is 18.4 Å². The molecule has 0 unspecified atom stereocenters. The molecule has 0 amide bonds. The molecule has 4 aromatic carbocycles. The van der Waals surface area contributed by atoms with E-state index in [-0.39, 0.29) is 175 Å². The van der Waals surface area contributed by atoms with Crippen LogP contribution in [0.3, 0.4) is 0 Å². The summed E-state index contributed by atoms with van der Waals surface area (Å²) in [5.41, 5.74) is 3.48. The van der Waals surface area contributed by atoms with Crippen LogP contribution in [0, 0.1) is 0 Å². The second-order valence-electron chi connectivity index (χ2n) is 10.9. The van der Waals surface area contributed by atoms with Gasteiger partial charge in [-0.1, -0.05) is 0 Å². The summed E-state index contributed by atoms with van der Waals surface area (Å²) in [6, 6.07) is 8.14. The van der Waals surface area contributed by atoms with Gasteiger partial charge < -0.3 is 39.9 Å². The van der Waals surface area contributed by atoms with Gasteiger partial charge in [0.15, 0.2) is 37.7 Å². The molecule has 342 valence electrons. The van der Waals surface area contributed by atoms with Crippen molar-refractivity contribution in [1.82, 2.24) is 0 Å². The Morgan fingerprint density at radius 2 is 1.20 bits per heavy atom. The maximum Gasteiger partial charge on any atom is 1.00 e. The first kappa shape index (κ1) is 68.8. The number of benzene rings is 4. The summed E-state index contributed by atoms with van der Waals surface area (Å²) in [6.45, 7) is -1.49. The quantitative estimate of drug-likeness (QED) is 0.00562. The third-order valence-corrected chi connectivity index (χ3v) is 13.0. The van der Waals surface area contributed by atoms with Crippen LogP contribution in [0.5, 0.6) is 17.2 Å². The van der Waals surface area contributed by atoms with E-state index >= 15 is 0 Å². The predicted molar refractivity (Wildman–Crippen MR) is 219 cm³/mol. The van der Waals surface area contributed by atoms with E-state index in [9.17, 15) is 58.4 Å². The molecule has 38 heteroatoms. The molecule has 0 saturated heterocycles. The SMILES string of the molecule is COc1ccc(S(=O)(=O)CCOS(=O)(=O)[O-])cc1N=Nc1c(S(=O)(=O)[O-])cc2cc(SOO[O-])c(N=Nc3cc(S(=O)(=O)CCOSOO[O-])ccc3OC)c(O)c2c1N.SI.[Na+].[Na+].[Na+].[Na+]. The molecule has 0 spiro atoms. The number of nitrogens with two attached hydrogens (primary N) is 1. The summed E-state index contributed by atoms with van der Waals surface area (Å²) >= 11 is 2.07. The molecule has 0 atom stereocenters. The maximum atomic E-state index is 12.9. The molecule has 4 aromatic rings. The number of sulfone groups is 2. The van der Waals surface area contributed by atoms with Crippen LogP contribution in [0.4, 0.5) is 28.4 Å². The van der Waals surface area contributed by atoms with Crippen molar-refractivity contribution in [3.63, 3.8) is 0 Å². The number of thiol groups is 1. The first-order valence-electron chi connectivity index (χ1n) is 15.6. The number of halogens is 1. The second-order valence-corrected chi connectivity index (χ2v) is 18.8. The van der Waals surface area contributed by atoms with Crippen LogP contribution >= 0.6 is 55.4 Å². The first-order valence-corrected chi connectivity index (χ1v) is 26.2. The number of hydrogen-bond acceptors (Lipinski definition) is 29. The van der Waals surface area contributed by atoms with Crippen molar-refractivity contribution in [3.05, 3.63) is 48.5 Å². The summed E-state index contributed by atoms with van der Waals surface area (Å²) in [5, 5.41) is 53.4. The Bertz CT molecular complexity index is 2770. The molecule has 0 fully saturated rings. The number of hydrogen-bond donors (Lipinski definition) is 3. The van der Waals surface area contributed by atoms with Crippen molar-refractivity contribution in [2.24, 2.45) is 20.5 Å². The van der Waals surface area contributed by atoms with Gasteiger partial charge in [-0.15, -0.1) is 34.6 Å². The molecular weight excluding hydrogens is 1190 g/mol. The summed E-state index contributed by atoms with van der Waals surface area (Å²) in [6.07, 6.45) is 0. The van der Waals surface area contributed by atoms with Crippen molar-refractivity contribution >= 4 is 135 Å². The number of nitrogens with zero attached hydrogens (tertiary/aromatic N) is 4. The number of ether oxygens (including phenoxy) is 2. The van der Waals surface area contributed by atoms with Crippen LogP contribution in [-0.4, -0.2) is 86.8 Å². The van der Waals surface area contributed by atoms with Gasteiger partial charge in [0.2, 0.25) is 10.4 Å². The number of nitrogen functional groups attached to an aromatic ring is 1. The van der Waals surface area contributed by atoms with E-state index in [0.29, 0.717) is 6.07 Å². The van der Waals surface area contributed by atoms with E-state index in [1.165, 1.54) is 13.2 Å². The molecule has 0 aromatic heterocycles. The number of fused-ring (bicyclic) bond motifs is 1. The fourth-order valence-corrected chi connectivity index (χ4v) is 8.87. The van der Waals surface area contributed by atoms with Crippen LogP contribution in [0.2, 0.25) is 0 Å². The Morgan fingerprint density at radius 3 is 1.65 bits per heavy atom. The topological polar surface area (TPSA) is 398 Å². The molecular formula is C28H26IN5Na4O21S7. The molecule has 0 aliphatic heterocycles. The van der Waals surface area contributed by atoms with Crippen molar-refractivity contribution in [2.45, 2.75) is 19.6 Å². The first-order chi connectivity index (χ1) is 29.2. The van der Waals surface area contributed by atoms with E-state index in [1.54, 1.807) is 0 Å². The minimum Gasteiger partial charge on any atom is -0.744 e. The van der Waals surface area contributed by atoms with E-state index in [1.807, 2.05) is 21.2 Å². The smallest absolute Gasteiger partial charge is 0.744 e. The zero-order valence-electron chi connectivity index (χ0n) is 34.7. The van der Waals surface area contributed by atoms with Crippen LogP contribution in [0.25, 0.3) is 10.8 Å². The molecule has 0 aliphatic carbocycles. The van der Waals surface area contributed by atoms with Crippen LogP contribution in [-0.2, 0) is 67.3 Å². The van der Waals surface area contributed by atoms with Crippen molar-refractivity contribution < 1.29 is 213 Å². The zero-order valence-corrected chi connectivity index (χ0v) is 50.7. The van der Waals surface area contributed by atoms with Crippen LogP contribution in [0.15, 0.2) is 88.6 Å². The molecule has 3 N–H and O–H groups in total. The third kappa shape index (κ3) is 20.0. The molecule has 0 radical (unpaired) electrons. The monoisotopic (exact) mass is 1210 g/mol. The standard InChI is InChI=1S/C28H29N5O21S6.HIS.4Na/c1-47-20-5-3-16(57(37,38)9-7-49-56-54-52-36)13-18(20)30-32-26-22(55-53-51-35)11-15-12-23(59(41,42)43)27(25(29)24(15)28(26)34)33-31-19-14-17(4-6-21(19)48-2)58(39,40)10-8-50-60(44,45)46;1-2;;;;/h3-6,11-14,34-36H,7-10,29H2,1-2H3,(H,41,42,43)(H,44,45,46);2H;;;;/q;;4*+1/p-4. The molecule has 26 nitrogen and oxygen atoms in total. The van der Waals surface area contributed by atoms with Crippen molar-refractivity contribution in [1.29, 1.82) is 0 Å². The fourth-order valence-electron chi connectivity index (χ4n) is 4.80. The van der Waals surface area contributed by atoms with Gasteiger partial charge in [-0.2, -0.15) is 4.33 Å². The van der Waals surface area contributed by atoms with Gasteiger partial charge in [0, 0.05) is 0 Å². The summed E-state index contributed by atoms with van der Waals surface area (Å²) < 4.78 is 149. The number of anilines is 1. The average molecular weight is 1210 g/mol. The number of methoxy groups -OCH3 is 2. The normalized spacial score (nSPS) is 11.8. The molecule has 4 rings (SSSR count). The van der Waals surface area contributed by atoms with Crippen LogP contribution < -0.4 is 144 Å². The van der Waals surface area contributed by atoms with E-state index in [0.717, 1.165) is 43.5 Å². The predicted octanol–water partition coefficient (Wildman–Crippen LogP) is -8.78. The number of aromatic hydroxyl groups is 1. The Balaban J connectivity index is 0. The minimum absolute atomic E-state index is 0. The Kier molecular flexibility index (Phi) is 33.4. The van der Waals surface area contributed by atoms with Gasteiger partial charge in [-0.05, 0) is 75.1 Å².